The van der Waals surface area contributed by atoms with Crippen molar-refractivity contribution < 1.29 is 23.2 Å². The molecule has 0 unspecified atom stereocenters. The summed E-state index contributed by atoms with van der Waals surface area (Å²) in [5.74, 6) is 1.61. The van der Waals surface area contributed by atoms with E-state index in [-0.39, 0.29) is 17.2 Å². The predicted molar refractivity (Wildman–Crippen MR) is 177 cm³/mol. The molecule has 2 heterocycles. The molecule has 1 atom stereocenters. The Kier molecular flexibility index (Phi) is 10.4. The van der Waals surface area contributed by atoms with E-state index < -0.39 is 26.1 Å². The van der Waals surface area contributed by atoms with Crippen molar-refractivity contribution >= 4 is 25.4 Å². The number of rotatable bonds is 10. The molecule has 1 aliphatic carbocycles. The van der Waals surface area contributed by atoms with Crippen molar-refractivity contribution in [2.24, 2.45) is 0 Å². The largest absolute Gasteiger partial charge is 0.444 e. The maximum absolute atomic E-state index is 13.2. The van der Waals surface area contributed by atoms with Gasteiger partial charge < -0.3 is 28.3 Å². The highest BCUT2D eigenvalue weighted by Gasteiger charge is 2.38. The SMILES string of the molecule is CCO[C@H]1CC[C@H](n2c([C@@H](CCO[Si](C)(C)C(C)(C)C)NC(=O)OC(C)(C)C)nc3cc(-c4c(C)noc4C)ccc32)CC1. The lowest BCUT2D eigenvalue weighted by Crippen LogP contribution is -2.42. The molecule has 1 fully saturated rings. The first-order valence-electron chi connectivity index (χ1n) is 16.2. The minimum absolute atomic E-state index is 0.0854. The standard InChI is InChI=1S/C34H54N4O5Si/c1-12-40-26-16-14-25(15-17-26)38-29-18-13-24(30-22(2)37-43-23(30)3)21-28(29)35-31(38)27(36-32(39)42-33(4,5)6)19-20-41-44(10,11)34(7,8)9/h13,18,21,25-27H,12,14-17,19-20H2,1-11H3,(H,36,39)/t25-,26-,27-/m1/s1. The van der Waals surface area contributed by atoms with Crippen LogP contribution in [0.3, 0.4) is 0 Å². The zero-order chi connectivity index (χ0) is 32.4. The van der Waals surface area contributed by atoms with E-state index >= 15 is 0 Å². The highest BCUT2D eigenvalue weighted by Crippen LogP contribution is 2.39. The Labute approximate surface area is 264 Å². The first-order valence-corrected chi connectivity index (χ1v) is 19.1. The van der Waals surface area contributed by atoms with Gasteiger partial charge in [0, 0.05) is 24.8 Å². The number of carbonyl (C=O) groups excluding carboxylic acids is 1. The third kappa shape index (κ3) is 7.93. The van der Waals surface area contributed by atoms with Crippen LogP contribution < -0.4 is 5.32 Å². The Morgan fingerprint density at radius 1 is 1.11 bits per heavy atom. The molecule has 1 amide bonds. The Morgan fingerprint density at radius 3 is 2.36 bits per heavy atom. The van der Waals surface area contributed by atoms with E-state index in [1.165, 1.54) is 0 Å². The number of amides is 1. The summed E-state index contributed by atoms with van der Waals surface area (Å²) in [6.07, 6.45) is 4.36. The van der Waals surface area contributed by atoms with Crippen molar-refractivity contribution in [3.63, 3.8) is 0 Å². The normalized spacial score (nSPS) is 18.9. The highest BCUT2D eigenvalue weighted by molar-refractivity contribution is 6.74. The zero-order valence-corrected chi connectivity index (χ0v) is 29.8. The summed E-state index contributed by atoms with van der Waals surface area (Å²) in [7, 11) is -1.99. The molecule has 1 N–H and O–H groups in total. The number of aryl methyl sites for hydroxylation is 2. The average molecular weight is 627 g/mol. The molecule has 4 rings (SSSR count). The quantitative estimate of drug-likeness (QED) is 0.224. The monoisotopic (exact) mass is 626 g/mol. The molecule has 44 heavy (non-hydrogen) atoms. The van der Waals surface area contributed by atoms with Crippen molar-refractivity contribution in [1.29, 1.82) is 0 Å². The van der Waals surface area contributed by atoms with Gasteiger partial charge in [0.25, 0.3) is 0 Å². The predicted octanol–water partition coefficient (Wildman–Crippen LogP) is 8.81. The maximum atomic E-state index is 13.2. The lowest BCUT2D eigenvalue weighted by atomic mass is 9.92. The van der Waals surface area contributed by atoms with Crippen LogP contribution in [0.25, 0.3) is 22.2 Å². The summed E-state index contributed by atoms with van der Waals surface area (Å²) in [6, 6.07) is 6.23. The molecule has 0 bridgehead atoms. The average Bonchev–Trinajstić information content (AvgIpc) is 3.45. The minimum Gasteiger partial charge on any atom is -0.444 e. The Bertz CT molecular complexity index is 1400. The number of hydrogen-bond acceptors (Lipinski definition) is 7. The van der Waals surface area contributed by atoms with E-state index in [9.17, 15) is 4.79 Å². The van der Waals surface area contributed by atoms with Crippen LogP contribution in [0, 0.1) is 13.8 Å². The van der Waals surface area contributed by atoms with E-state index in [2.05, 4.69) is 74.0 Å². The van der Waals surface area contributed by atoms with Crippen molar-refractivity contribution in [3.05, 3.63) is 35.5 Å². The Hall–Kier alpha value is -2.69. The first kappa shape index (κ1) is 34.2. The van der Waals surface area contributed by atoms with Crippen LogP contribution in [-0.2, 0) is 13.9 Å². The molecule has 0 aliphatic heterocycles. The van der Waals surface area contributed by atoms with E-state index in [4.69, 9.17) is 23.4 Å². The van der Waals surface area contributed by atoms with Gasteiger partial charge in [-0.3, -0.25) is 0 Å². The smallest absolute Gasteiger partial charge is 0.408 e. The molecule has 0 spiro atoms. The molecular formula is C34H54N4O5Si. The number of nitrogens with one attached hydrogen (secondary N) is 1. The lowest BCUT2D eigenvalue weighted by Gasteiger charge is -2.36. The summed E-state index contributed by atoms with van der Waals surface area (Å²) in [6.45, 7) is 24.1. The fraction of sp³-hybridized carbons (Fsp3) is 0.676. The Morgan fingerprint density at radius 2 is 1.80 bits per heavy atom. The summed E-state index contributed by atoms with van der Waals surface area (Å²) < 4.78 is 26.1. The lowest BCUT2D eigenvalue weighted by molar-refractivity contribution is 0.0270. The molecule has 1 aromatic carbocycles. The van der Waals surface area contributed by atoms with Gasteiger partial charge in [-0.2, -0.15) is 0 Å². The van der Waals surface area contributed by atoms with E-state index in [1.807, 2.05) is 34.6 Å². The van der Waals surface area contributed by atoms with Crippen LogP contribution in [0.2, 0.25) is 18.1 Å². The van der Waals surface area contributed by atoms with Gasteiger partial charge in [-0.15, -0.1) is 0 Å². The van der Waals surface area contributed by atoms with Gasteiger partial charge >= 0.3 is 6.09 Å². The van der Waals surface area contributed by atoms with Crippen molar-refractivity contribution in [1.82, 2.24) is 20.0 Å². The molecular weight excluding hydrogens is 572 g/mol. The summed E-state index contributed by atoms with van der Waals surface area (Å²) >= 11 is 0. The van der Waals surface area contributed by atoms with Crippen LogP contribution in [-0.4, -0.2) is 54.0 Å². The van der Waals surface area contributed by atoms with Gasteiger partial charge in [-0.25, -0.2) is 9.78 Å². The van der Waals surface area contributed by atoms with Gasteiger partial charge in [-0.05, 0) is 109 Å². The zero-order valence-electron chi connectivity index (χ0n) is 28.8. The van der Waals surface area contributed by atoms with Gasteiger partial charge in [-0.1, -0.05) is 32.0 Å². The number of alkyl carbamates (subject to hydrolysis) is 1. The van der Waals surface area contributed by atoms with Gasteiger partial charge in [0.1, 0.15) is 17.2 Å². The molecule has 3 aromatic rings. The first-order chi connectivity index (χ1) is 20.5. The van der Waals surface area contributed by atoms with E-state index in [0.717, 1.165) is 71.7 Å². The number of carbonyl (C=O) groups is 1. The molecule has 244 valence electrons. The maximum Gasteiger partial charge on any atom is 0.408 e. The fourth-order valence-electron chi connectivity index (χ4n) is 5.87. The van der Waals surface area contributed by atoms with Gasteiger partial charge in [0.15, 0.2) is 8.32 Å². The van der Waals surface area contributed by atoms with Crippen LogP contribution in [0.5, 0.6) is 0 Å². The van der Waals surface area contributed by atoms with Crippen LogP contribution in [0.4, 0.5) is 4.79 Å². The molecule has 9 nitrogen and oxygen atoms in total. The van der Waals surface area contributed by atoms with Crippen molar-refractivity contribution in [2.45, 2.75) is 136 Å². The second-order valence-corrected chi connectivity index (χ2v) is 19.5. The number of nitrogens with zero attached hydrogens (tertiary/aromatic N) is 3. The molecule has 0 radical (unpaired) electrons. The highest BCUT2D eigenvalue weighted by atomic mass is 28.4. The van der Waals surface area contributed by atoms with E-state index in [1.54, 1.807) is 0 Å². The van der Waals surface area contributed by atoms with Crippen molar-refractivity contribution in [3.8, 4) is 11.1 Å². The molecule has 1 aliphatic rings. The summed E-state index contributed by atoms with van der Waals surface area (Å²) in [4.78, 5) is 18.5. The van der Waals surface area contributed by atoms with E-state index in [0.29, 0.717) is 13.0 Å². The number of ether oxygens (including phenoxy) is 2. The number of fused-ring (bicyclic) bond motifs is 1. The minimum atomic E-state index is -1.99. The van der Waals surface area contributed by atoms with Crippen molar-refractivity contribution in [2.75, 3.05) is 13.2 Å². The van der Waals surface area contributed by atoms with Gasteiger partial charge in [0.05, 0.1) is 28.9 Å². The number of imidazole rings is 1. The molecule has 1 saturated carbocycles. The summed E-state index contributed by atoms with van der Waals surface area (Å²) in [5.41, 5.74) is 4.17. The van der Waals surface area contributed by atoms with Crippen LogP contribution >= 0.6 is 0 Å². The Balaban J connectivity index is 1.77. The van der Waals surface area contributed by atoms with Crippen LogP contribution in [0.1, 0.15) is 110 Å². The molecule has 10 heteroatoms. The fourth-order valence-corrected chi connectivity index (χ4v) is 6.93. The molecule has 0 saturated heterocycles. The second kappa shape index (κ2) is 13.3. The topological polar surface area (TPSA) is 101 Å². The molecule has 2 aromatic heterocycles. The second-order valence-electron chi connectivity index (χ2n) is 14.7. The number of benzene rings is 1. The third-order valence-corrected chi connectivity index (χ3v) is 13.7. The third-order valence-electron chi connectivity index (χ3n) is 9.13. The summed E-state index contributed by atoms with van der Waals surface area (Å²) in [5, 5.41) is 7.44. The van der Waals surface area contributed by atoms with Crippen LogP contribution in [0.15, 0.2) is 22.7 Å². The number of aromatic nitrogens is 3. The van der Waals surface area contributed by atoms with Gasteiger partial charge in [0.2, 0.25) is 0 Å². The number of hydrogen-bond donors (Lipinski definition) is 1.